The number of nitrogens with one attached hydrogen (secondary N) is 1. The SMILES string of the molecule is COC(=O)C1=C(C)NC(C)=C(C(=O)OC(C)(C)CC(C)(N)CCC(c2ccccc2)c2ccccc2)C1c1cccc([N+](=O)[O-])c1. The number of rotatable bonds is 12. The highest BCUT2D eigenvalue weighted by Crippen LogP contribution is 2.41. The summed E-state index contributed by atoms with van der Waals surface area (Å²) in [6.07, 6.45) is 1.82. The molecule has 0 fully saturated rings. The van der Waals surface area contributed by atoms with Crippen LogP contribution in [0.2, 0.25) is 0 Å². The largest absolute Gasteiger partial charge is 0.466 e. The summed E-state index contributed by atoms with van der Waals surface area (Å²) in [7, 11) is 1.25. The molecule has 9 heteroatoms. The minimum atomic E-state index is -0.988. The lowest BCUT2D eigenvalue weighted by atomic mass is 9.79. The molecule has 2 atom stereocenters. The molecular weight excluding hydrogens is 582 g/mol. The van der Waals surface area contributed by atoms with Gasteiger partial charge in [0.1, 0.15) is 5.60 Å². The first kappa shape index (κ1) is 34.1. The number of dihydropyridines is 1. The van der Waals surface area contributed by atoms with Crippen LogP contribution in [0.1, 0.15) is 82.4 Å². The number of nitro benzene ring substituents is 1. The van der Waals surface area contributed by atoms with Crippen LogP contribution in [0.5, 0.6) is 0 Å². The summed E-state index contributed by atoms with van der Waals surface area (Å²) < 4.78 is 11.2. The van der Waals surface area contributed by atoms with Crippen LogP contribution in [0.25, 0.3) is 0 Å². The molecule has 46 heavy (non-hydrogen) atoms. The van der Waals surface area contributed by atoms with Crippen molar-refractivity contribution < 1.29 is 24.0 Å². The van der Waals surface area contributed by atoms with Crippen molar-refractivity contribution in [3.63, 3.8) is 0 Å². The van der Waals surface area contributed by atoms with Gasteiger partial charge < -0.3 is 20.5 Å². The molecular formula is C37H43N3O6. The molecule has 0 bridgehead atoms. The molecule has 0 aromatic heterocycles. The predicted octanol–water partition coefficient (Wildman–Crippen LogP) is 7.04. The molecule has 3 aromatic rings. The fraction of sp³-hybridized carbons (Fsp3) is 0.351. The quantitative estimate of drug-likeness (QED) is 0.124. The van der Waals surface area contributed by atoms with E-state index in [-0.39, 0.29) is 22.8 Å². The maximum Gasteiger partial charge on any atom is 0.337 e. The number of nitro groups is 1. The van der Waals surface area contributed by atoms with Crippen molar-refractivity contribution in [1.82, 2.24) is 5.32 Å². The first-order chi connectivity index (χ1) is 21.7. The van der Waals surface area contributed by atoms with Crippen molar-refractivity contribution in [1.29, 1.82) is 0 Å². The van der Waals surface area contributed by atoms with Gasteiger partial charge in [-0.25, -0.2) is 9.59 Å². The van der Waals surface area contributed by atoms with Crippen LogP contribution in [0.3, 0.4) is 0 Å². The first-order valence-electron chi connectivity index (χ1n) is 15.4. The van der Waals surface area contributed by atoms with E-state index in [9.17, 15) is 19.7 Å². The Morgan fingerprint density at radius 1 is 0.891 bits per heavy atom. The fourth-order valence-corrected chi connectivity index (χ4v) is 6.57. The summed E-state index contributed by atoms with van der Waals surface area (Å²) in [6, 6.07) is 26.6. The van der Waals surface area contributed by atoms with Gasteiger partial charge in [-0.3, -0.25) is 10.1 Å². The number of carbonyl (C=O) groups excluding carboxylic acids is 2. The number of hydrogen-bond donors (Lipinski definition) is 2. The molecule has 9 nitrogen and oxygen atoms in total. The van der Waals surface area contributed by atoms with E-state index in [1.54, 1.807) is 19.9 Å². The molecule has 0 saturated carbocycles. The van der Waals surface area contributed by atoms with E-state index >= 15 is 0 Å². The number of nitrogens with two attached hydrogens (primary N) is 1. The molecule has 0 amide bonds. The maximum absolute atomic E-state index is 14.0. The molecule has 0 spiro atoms. The van der Waals surface area contributed by atoms with Crippen molar-refractivity contribution >= 4 is 17.6 Å². The third-order valence-corrected chi connectivity index (χ3v) is 8.41. The van der Waals surface area contributed by atoms with Crippen molar-refractivity contribution in [3.8, 4) is 0 Å². The molecule has 1 heterocycles. The highest BCUT2D eigenvalue weighted by molar-refractivity contribution is 6.00. The average molecular weight is 626 g/mol. The van der Waals surface area contributed by atoms with Gasteiger partial charge in [0.2, 0.25) is 0 Å². The minimum Gasteiger partial charge on any atom is -0.466 e. The fourth-order valence-electron chi connectivity index (χ4n) is 6.57. The van der Waals surface area contributed by atoms with E-state index in [4.69, 9.17) is 15.2 Å². The van der Waals surface area contributed by atoms with Gasteiger partial charge in [-0.1, -0.05) is 72.8 Å². The number of carbonyl (C=O) groups is 2. The molecule has 3 N–H and O–H groups in total. The zero-order chi connectivity index (χ0) is 33.6. The molecule has 0 radical (unpaired) electrons. The minimum absolute atomic E-state index is 0.152. The molecule has 0 saturated heterocycles. The number of nitrogens with zero attached hydrogens (tertiary/aromatic N) is 1. The second-order valence-electron chi connectivity index (χ2n) is 12.9. The topological polar surface area (TPSA) is 134 Å². The van der Waals surface area contributed by atoms with Gasteiger partial charge in [0.05, 0.1) is 29.1 Å². The van der Waals surface area contributed by atoms with Crippen molar-refractivity contribution in [2.45, 2.75) is 76.9 Å². The number of allylic oxidation sites excluding steroid dienone is 2. The summed E-state index contributed by atoms with van der Waals surface area (Å²) in [5.74, 6) is -2.10. The number of benzene rings is 3. The Kier molecular flexibility index (Phi) is 10.5. The van der Waals surface area contributed by atoms with E-state index < -0.39 is 33.9 Å². The Morgan fingerprint density at radius 3 is 1.96 bits per heavy atom. The van der Waals surface area contributed by atoms with Crippen LogP contribution in [0.15, 0.2) is 107 Å². The monoisotopic (exact) mass is 625 g/mol. The van der Waals surface area contributed by atoms with Crippen molar-refractivity contribution in [2.24, 2.45) is 5.73 Å². The second kappa shape index (κ2) is 14.1. The van der Waals surface area contributed by atoms with Gasteiger partial charge >= 0.3 is 11.9 Å². The van der Waals surface area contributed by atoms with Crippen molar-refractivity contribution in [2.75, 3.05) is 7.11 Å². The lowest BCUT2D eigenvalue weighted by Crippen LogP contribution is -2.46. The van der Waals surface area contributed by atoms with Crippen LogP contribution in [0, 0.1) is 10.1 Å². The van der Waals surface area contributed by atoms with Gasteiger partial charge in [-0.2, -0.15) is 0 Å². The van der Waals surface area contributed by atoms with E-state index in [2.05, 4.69) is 29.6 Å². The Balaban J connectivity index is 1.58. The summed E-state index contributed by atoms with van der Waals surface area (Å²) >= 11 is 0. The first-order valence-corrected chi connectivity index (χ1v) is 15.4. The number of non-ortho nitro benzene ring substituents is 1. The second-order valence-corrected chi connectivity index (χ2v) is 12.9. The van der Waals surface area contributed by atoms with Crippen LogP contribution in [-0.2, 0) is 19.1 Å². The summed E-state index contributed by atoms with van der Waals surface area (Å²) in [4.78, 5) is 38.1. The smallest absolute Gasteiger partial charge is 0.337 e. The normalized spacial score (nSPS) is 16.5. The molecule has 0 aliphatic carbocycles. The Labute approximate surface area is 270 Å². The van der Waals surface area contributed by atoms with Crippen LogP contribution >= 0.6 is 0 Å². The van der Waals surface area contributed by atoms with Gasteiger partial charge in [-0.05, 0) is 64.2 Å². The van der Waals surface area contributed by atoms with E-state index in [0.29, 0.717) is 29.8 Å². The molecule has 1 aliphatic heterocycles. The number of hydrogen-bond acceptors (Lipinski definition) is 8. The molecule has 1 aliphatic rings. The molecule has 242 valence electrons. The van der Waals surface area contributed by atoms with E-state index in [1.807, 2.05) is 57.2 Å². The molecule has 4 rings (SSSR count). The summed E-state index contributed by atoms with van der Waals surface area (Å²) in [5.41, 5.74) is 9.19. The van der Waals surface area contributed by atoms with Crippen LogP contribution in [-0.4, -0.2) is 35.1 Å². The third kappa shape index (κ3) is 8.09. The Hall–Kier alpha value is -4.76. The highest BCUT2D eigenvalue weighted by Gasteiger charge is 2.41. The van der Waals surface area contributed by atoms with E-state index in [1.165, 1.54) is 36.4 Å². The van der Waals surface area contributed by atoms with Gasteiger partial charge in [0.25, 0.3) is 5.69 Å². The average Bonchev–Trinajstić information content (AvgIpc) is 3.00. The Morgan fingerprint density at radius 2 is 1.43 bits per heavy atom. The van der Waals surface area contributed by atoms with Crippen LogP contribution in [0.4, 0.5) is 5.69 Å². The van der Waals surface area contributed by atoms with Gasteiger partial charge in [-0.15, -0.1) is 0 Å². The lowest BCUT2D eigenvalue weighted by Gasteiger charge is -2.37. The molecule has 3 aromatic carbocycles. The maximum atomic E-state index is 14.0. The molecule has 2 unspecified atom stereocenters. The summed E-state index contributed by atoms with van der Waals surface area (Å²) in [5, 5.41) is 14.7. The van der Waals surface area contributed by atoms with Crippen LogP contribution < -0.4 is 11.1 Å². The Bertz CT molecular complexity index is 1600. The lowest BCUT2D eigenvalue weighted by molar-refractivity contribution is -0.384. The van der Waals surface area contributed by atoms with Gasteiger partial charge in [0.15, 0.2) is 0 Å². The summed E-state index contributed by atoms with van der Waals surface area (Å²) in [6.45, 7) is 9.02. The van der Waals surface area contributed by atoms with Gasteiger partial charge in [0, 0.05) is 41.4 Å². The zero-order valence-electron chi connectivity index (χ0n) is 27.3. The van der Waals surface area contributed by atoms with Crippen molar-refractivity contribution in [3.05, 3.63) is 134 Å². The number of methoxy groups -OCH3 is 1. The number of ether oxygens (including phenoxy) is 2. The van der Waals surface area contributed by atoms with E-state index in [0.717, 1.165) is 6.42 Å². The predicted molar refractivity (Wildman–Crippen MR) is 178 cm³/mol. The standard InChI is InChI=1S/C37H43N3O6/c1-24-31(34(41)45-6)33(28-18-13-19-29(22-28)40(43)44)32(25(2)39-24)35(42)46-36(3,4)23-37(5,38)21-20-30(26-14-9-7-10-15-26)27-16-11-8-12-17-27/h7-19,22,30,33,39H,20-21,23,38H2,1-6H3. The third-order valence-electron chi connectivity index (χ3n) is 8.41. The highest BCUT2D eigenvalue weighted by atomic mass is 16.6. The number of esters is 2. The zero-order valence-corrected chi connectivity index (χ0v) is 27.3.